The van der Waals surface area contributed by atoms with E-state index in [0.29, 0.717) is 17.1 Å². The minimum Gasteiger partial charge on any atom is -0.385 e. The van der Waals surface area contributed by atoms with Crippen molar-refractivity contribution in [1.82, 2.24) is 5.32 Å². The molecule has 5 heteroatoms. The number of halogens is 1. The summed E-state index contributed by atoms with van der Waals surface area (Å²) < 4.78 is 4.95. The Bertz CT molecular complexity index is 399. The Labute approximate surface area is 118 Å². The Kier molecular flexibility index (Phi) is 7.16. The fourth-order valence-electron chi connectivity index (χ4n) is 1.53. The highest BCUT2D eigenvalue weighted by Gasteiger charge is 2.09. The Balaban J connectivity index is 2.34. The normalized spacial score (nSPS) is 10.4. The number of ether oxygens (including phenoxy) is 1. The van der Waals surface area contributed by atoms with Crippen molar-refractivity contribution in [2.45, 2.75) is 24.2 Å². The van der Waals surface area contributed by atoms with E-state index in [0.717, 1.165) is 30.8 Å². The molecular formula is C13H18ClNO2S. The molecule has 1 aromatic rings. The van der Waals surface area contributed by atoms with Crippen molar-refractivity contribution in [3.05, 3.63) is 28.8 Å². The van der Waals surface area contributed by atoms with Crippen molar-refractivity contribution in [1.29, 1.82) is 0 Å². The third-order valence-electron chi connectivity index (χ3n) is 2.51. The quantitative estimate of drug-likeness (QED) is 0.597. The van der Waals surface area contributed by atoms with Crippen LogP contribution < -0.4 is 5.32 Å². The van der Waals surface area contributed by atoms with Crippen LogP contribution in [0.15, 0.2) is 23.1 Å². The van der Waals surface area contributed by atoms with Crippen molar-refractivity contribution in [2.75, 3.05) is 20.3 Å². The van der Waals surface area contributed by atoms with E-state index in [1.54, 1.807) is 25.3 Å². The number of amides is 1. The summed E-state index contributed by atoms with van der Waals surface area (Å²) in [4.78, 5) is 12.6. The van der Waals surface area contributed by atoms with E-state index in [1.165, 1.54) is 0 Å². The first-order chi connectivity index (χ1) is 8.65. The van der Waals surface area contributed by atoms with E-state index in [1.807, 2.05) is 0 Å². The molecule has 0 atom stereocenters. The second kappa shape index (κ2) is 8.40. The van der Waals surface area contributed by atoms with E-state index >= 15 is 0 Å². The van der Waals surface area contributed by atoms with Crippen LogP contribution >= 0.6 is 24.2 Å². The number of carbonyl (C=O) groups is 1. The predicted molar refractivity (Wildman–Crippen MR) is 76.8 cm³/mol. The smallest absolute Gasteiger partial charge is 0.252 e. The first-order valence-corrected chi connectivity index (χ1v) is 6.73. The molecule has 0 aliphatic heterocycles. The van der Waals surface area contributed by atoms with Gasteiger partial charge in [-0.15, -0.1) is 12.6 Å². The zero-order chi connectivity index (χ0) is 13.4. The molecule has 0 spiro atoms. The first kappa shape index (κ1) is 15.3. The molecule has 0 aliphatic rings. The molecule has 0 saturated carbocycles. The largest absolute Gasteiger partial charge is 0.385 e. The number of benzene rings is 1. The molecule has 0 aromatic heterocycles. The van der Waals surface area contributed by atoms with Gasteiger partial charge in [-0.05, 0) is 37.5 Å². The van der Waals surface area contributed by atoms with Gasteiger partial charge < -0.3 is 10.1 Å². The average Bonchev–Trinajstić information content (AvgIpc) is 2.36. The number of methoxy groups -OCH3 is 1. The monoisotopic (exact) mass is 287 g/mol. The molecule has 0 heterocycles. The minimum atomic E-state index is -0.150. The van der Waals surface area contributed by atoms with Crippen LogP contribution in [-0.2, 0) is 4.74 Å². The summed E-state index contributed by atoms with van der Waals surface area (Å²) in [5, 5.41) is 3.29. The van der Waals surface area contributed by atoms with Gasteiger partial charge in [0.05, 0.1) is 10.6 Å². The average molecular weight is 288 g/mol. The van der Waals surface area contributed by atoms with Crippen molar-refractivity contribution < 1.29 is 9.53 Å². The Morgan fingerprint density at radius 2 is 2.17 bits per heavy atom. The molecule has 1 amide bonds. The van der Waals surface area contributed by atoms with Crippen molar-refractivity contribution >= 4 is 30.1 Å². The lowest BCUT2D eigenvalue weighted by molar-refractivity contribution is 0.0952. The summed E-state index contributed by atoms with van der Waals surface area (Å²) in [6.07, 6.45) is 2.99. The van der Waals surface area contributed by atoms with Gasteiger partial charge in [0.1, 0.15) is 0 Å². The maximum Gasteiger partial charge on any atom is 0.252 e. The van der Waals surface area contributed by atoms with Gasteiger partial charge in [-0.25, -0.2) is 0 Å². The number of hydrogen-bond donors (Lipinski definition) is 2. The summed E-state index contributed by atoms with van der Waals surface area (Å²) in [6.45, 7) is 1.41. The van der Waals surface area contributed by atoms with Crippen LogP contribution in [0.5, 0.6) is 0 Å². The summed E-state index contributed by atoms with van der Waals surface area (Å²) >= 11 is 10.2. The number of unbranched alkanes of at least 4 members (excludes halogenated alkanes) is 2. The summed E-state index contributed by atoms with van der Waals surface area (Å²) in [6, 6.07) is 5.11. The van der Waals surface area contributed by atoms with Crippen LogP contribution in [0.2, 0.25) is 5.02 Å². The van der Waals surface area contributed by atoms with Gasteiger partial charge in [0.15, 0.2) is 0 Å². The number of hydrogen-bond acceptors (Lipinski definition) is 3. The lowest BCUT2D eigenvalue weighted by Gasteiger charge is -2.07. The van der Waals surface area contributed by atoms with Gasteiger partial charge in [0.25, 0.3) is 5.91 Å². The summed E-state index contributed by atoms with van der Waals surface area (Å²) in [5.74, 6) is -0.150. The van der Waals surface area contributed by atoms with Gasteiger partial charge in [0, 0.05) is 25.2 Å². The second-order valence-electron chi connectivity index (χ2n) is 3.97. The Morgan fingerprint density at radius 1 is 1.39 bits per heavy atom. The number of rotatable bonds is 7. The lowest BCUT2D eigenvalue weighted by atomic mass is 10.2. The molecule has 0 aliphatic carbocycles. The summed E-state index contributed by atoms with van der Waals surface area (Å²) in [5.41, 5.74) is 0.473. The SMILES string of the molecule is COCCCCCNC(=O)c1cc(S)ccc1Cl. The predicted octanol–water partition coefficient (Wildman–Crippen LogP) is 3.18. The highest BCUT2D eigenvalue weighted by atomic mass is 35.5. The maximum absolute atomic E-state index is 11.9. The molecule has 100 valence electrons. The molecule has 0 bridgehead atoms. The lowest BCUT2D eigenvalue weighted by Crippen LogP contribution is -2.24. The van der Waals surface area contributed by atoms with E-state index in [-0.39, 0.29) is 5.91 Å². The van der Waals surface area contributed by atoms with Crippen LogP contribution in [0, 0.1) is 0 Å². The molecular weight excluding hydrogens is 270 g/mol. The van der Waals surface area contributed by atoms with E-state index in [9.17, 15) is 4.79 Å². The fourth-order valence-corrected chi connectivity index (χ4v) is 1.94. The Morgan fingerprint density at radius 3 is 2.89 bits per heavy atom. The molecule has 18 heavy (non-hydrogen) atoms. The van der Waals surface area contributed by atoms with Crippen LogP contribution in [0.1, 0.15) is 29.6 Å². The van der Waals surface area contributed by atoms with Gasteiger partial charge >= 0.3 is 0 Å². The van der Waals surface area contributed by atoms with Crippen molar-refractivity contribution in [2.24, 2.45) is 0 Å². The topological polar surface area (TPSA) is 38.3 Å². The molecule has 3 nitrogen and oxygen atoms in total. The summed E-state index contributed by atoms with van der Waals surface area (Å²) in [7, 11) is 1.69. The van der Waals surface area contributed by atoms with Crippen LogP contribution in [0.25, 0.3) is 0 Å². The van der Waals surface area contributed by atoms with Crippen LogP contribution in [-0.4, -0.2) is 26.2 Å². The number of carbonyl (C=O) groups excluding carboxylic acids is 1. The molecule has 0 radical (unpaired) electrons. The molecule has 0 fully saturated rings. The number of thiol groups is 1. The Hall–Kier alpha value is -0.710. The van der Waals surface area contributed by atoms with Crippen molar-refractivity contribution in [3.8, 4) is 0 Å². The van der Waals surface area contributed by atoms with Gasteiger partial charge in [-0.2, -0.15) is 0 Å². The van der Waals surface area contributed by atoms with Gasteiger partial charge in [-0.3, -0.25) is 4.79 Å². The third kappa shape index (κ3) is 5.29. The highest BCUT2D eigenvalue weighted by Crippen LogP contribution is 2.19. The van der Waals surface area contributed by atoms with Crippen LogP contribution in [0.4, 0.5) is 0 Å². The minimum absolute atomic E-state index is 0.150. The van der Waals surface area contributed by atoms with Gasteiger partial charge in [-0.1, -0.05) is 11.6 Å². The van der Waals surface area contributed by atoms with Crippen molar-refractivity contribution in [3.63, 3.8) is 0 Å². The van der Waals surface area contributed by atoms with E-state index < -0.39 is 0 Å². The van der Waals surface area contributed by atoms with Crippen LogP contribution in [0.3, 0.4) is 0 Å². The standard InChI is InChI=1S/C13H18ClNO2S/c1-17-8-4-2-3-7-15-13(16)11-9-10(18)5-6-12(11)14/h5-6,9,18H,2-4,7-8H2,1H3,(H,15,16). The molecule has 1 aromatic carbocycles. The zero-order valence-corrected chi connectivity index (χ0v) is 12.1. The molecule has 1 rings (SSSR count). The number of nitrogens with one attached hydrogen (secondary N) is 1. The maximum atomic E-state index is 11.9. The molecule has 0 saturated heterocycles. The van der Waals surface area contributed by atoms with E-state index in [2.05, 4.69) is 17.9 Å². The van der Waals surface area contributed by atoms with Gasteiger partial charge in [0.2, 0.25) is 0 Å². The van der Waals surface area contributed by atoms with E-state index in [4.69, 9.17) is 16.3 Å². The molecule has 0 unspecified atom stereocenters. The second-order valence-corrected chi connectivity index (χ2v) is 4.90. The third-order valence-corrected chi connectivity index (χ3v) is 3.11. The molecule has 1 N–H and O–H groups in total. The highest BCUT2D eigenvalue weighted by molar-refractivity contribution is 7.80. The first-order valence-electron chi connectivity index (χ1n) is 5.91. The fraction of sp³-hybridized carbons (Fsp3) is 0.462. The zero-order valence-electron chi connectivity index (χ0n) is 10.4.